The monoisotopic (exact) mass is 534 g/mol. The van der Waals surface area contributed by atoms with E-state index in [1.165, 1.54) is 11.1 Å². The third-order valence-corrected chi connectivity index (χ3v) is 5.98. The van der Waals surface area contributed by atoms with Crippen LogP contribution in [0.4, 0.5) is 0 Å². The summed E-state index contributed by atoms with van der Waals surface area (Å²) >= 11 is 0. The third-order valence-electron chi connectivity index (χ3n) is 5.98. The lowest BCUT2D eigenvalue weighted by Crippen LogP contribution is -2.17. The number of nitrogens with zero attached hydrogens (tertiary/aromatic N) is 1. The second-order valence-electron chi connectivity index (χ2n) is 11.1. The average Bonchev–Trinajstić information content (AvgIpc) is 3.24. The van der Waals surface area contributed by atoms with E-state index in [0.717, 1.165) is 34.7 Å². The molecule has 0 atom stereocenters. The molecule has 7 heteroatoms. The van der Waals surface area contributed by atoms with Crippen LogP contribution in [0.15, 0.2) is 41.0 Å². The number of halogens is 1. The number of ether oxygens (including phenoxy) is 1. The molecule has 0 saturated carbocycles. The fourth-order valence-corrected chi connectivity index (χ4v) is 3.53. The molecule has 0 radical (unpaired) electrons. The van der Waals surface area contributed by atoms with Crippen molar-refractivity contribution < 1.29 is 19.7 Å². The fourth-order valence-electron chi connectivity index (χ4n) is 3.53. The lowest BCUT2D eigenvalue weighted by molar-refractivity contribution is 0.320. The van der Waals surface area contributed by atoms with Crippen molar-refractivity contribution in [3.05, 3.63) is 64.5 Å². The topological polar surface area (TPSA) is 99.0 Å². The number of rotatable bonds is 6. The van der Waals surface area contributed by atoms with Gasteiger partial charge in [0.1, 0.15) is 17.8 Å². The van der Waals surface area contributed by atoms with Crippen LogP contribution in [0.5, 0.6) is 11.5 Å². The van der Waals surface area contributed by atoms with Gasteiger partial charge in [-0.2, -0.15) is 0 Å². The molecular weight excluding hydrogens is 488 g/mol. The van der Waals surface area contributed by atoms with E-state index in [9.17, 15) is 5.11 Å². The fraction of sp³-hybridized carbons (Fsp3) is 0.500. The number of aryl methyl sites for hydroxylation is 2. The molecule has 0 unspecified atom stereocenters. The van der Waals surface area contributed by atoms with Crippen LogP contribution >= 0.6 is 12.4 Å². The average molecular weight is 535 g/mol. The molecular formula is C30H47ClN2O4. The smallest absolute Gasteiger partial charge is 0.226 e. The SMILES string of the molecule is CCNC.Cc1ccc(OCCc2coc(-c3cc(C(C)(C)C)c(O)c(C(C)(C)C)c3)n2)cc1C.Cl.O. The molecule has 2 aromatic carbocycles. The van der Waals surface area contributed by atoms with Crippen LogP contribution in [0.1, 0.15) is 76.4 Å². The van der Waals surface area contributed by atoms with Crippen molar-refractivity contribution in [2.45, 2.75) is 79.6 Å². The van der Waals surface area contributed by atoms with Gasteiger partial charge in [0.2, 0.25) is 5.89 Å². The first kappa shape index (κ1) is 34.5. The standard InChI is InChI=1S/C27H35NO3.C3H9N.ClH.H2O/c1-17-9-10-21(13-18(17)2)30-12-11-20-16-31-25(28-20)19-14-22(26(3,4)5)24(29)23(15-19)27(6,7)8;1-3-4-2;;/h9-10,13-16,29H,11-12H2,1-8H3;4H,3H2,1-2H3;1H;1H2. The van der Waals surface area contributed by atoms with Gasteiger partial charge in [0.25, 0.3) is 0 Å². The van der Waals surface area contributed by atoms with Gasteiger partial charge < -0.3 is 25.1 Å². The molecule has 208 valence electrons. The van der Waals surface area contributed by atoms with Gasteiger partial charge in [-0.25, -0.2) is 4.98 Å². The molecule has 37 heavy (non-hydrogen) atoms. The number of hydrogen-bond donors (Lipinski definition) is 2. The maximum atomic E-state index is 10.9. The zero-order chi connectivity index (χ0) is 26.4. The second-order valence-corrected chi connectivity index (χ2v) is 11.1. The van der Waals surface area contributed by atoms with E-state index in [1.807, 2.05) is 25.2 Å². The highest BCUT2D eigenvalue weighted by Gasteiger charge is 2.27. The zero-order valence-corrected chi connectivity index (χ0v) is 25.0. The highest BCUT2D eigenvalue weighted by Crippen LogP contribution is 2.41. The van der Waals surface area contributed by atoms with Gasteiger partial charge in [0.05, 0.1) is 12.3 Å². The lowest BCUT2D eigenvalue weighted by Gasteiger charge is -2.27. The summed E-state index contributed by atoms with van der Waals surface area (Å²) in [6.45, 7) is 20.5. The van der Waals surface area contributed by atoms with Crippen molar-refractivity contribution in [3.63, 3.8) is 0 Å². The molecule has 3 rings (SSSR count). The predicted molar refractivity (Wildman–Crippen MR) is 157 cm³/mol. The van der Waals surface area contributed by atoms with E-state index in [4.69, 9.17) is 14.1 Å². The maximum absolute atomic E-state index is 10.9. The number of nitrogens with one attached hydrogen (secondary N) is 1. The number of phenolic OH excluding ortho intramolecular Hbond substituents is 1. The Balaban J connectivity index is 0.00000201. The van der Waals surface area contributed by atoms with E-state index in [0.29, 0.717) is 24.7 Å². The molecule has 1 aromatic heterocycles. The van der Waals surface area contributed by atoms with Crippen molar-refractivity contribution in [1.82, 2.24) is 10.3 Å². The maximum Gasteiger partial charge on any atom is 0.226 e. The van der Waals surface area contributed by atoms with Crippen molar-refractivity contribution in [2.75, 3.05) is 20.2 Å². The van der Waals surface area contributed by atoms with Crippen molar-refractivity contribution in [3.8, 4) is 23.0 Å². The number of benzene rings is 2. The molecule has 0 aliphatic carbocycles. The van der Waals surface area contributed by atoms with Gasteiger partial charge in [-0.3, -0.25) is 0 Å². The van der Waals surface area contributed by atoms with Gasteiger partial charge in [0, 0.05) is 23.1 Å². The first-order chi connectivity index (χ1) is 16.3. The first-order valence-corrected chi connectivity index (χ1v) is 12.4. The summed E-state index contributed by atoms with van der Waals surface area (Å²) in [5.41, 5.74) is 5.60. The summed E-state index contributed by atoms with van der Waals surface area (Å²) in [5, 5.41) is 13.9. The van der Waals surface area contributed by atoms with Crippen molar-refractivity contribution in [2.24, 2.45) is 0 Å². The highest BCUT2D eigenvalue weighted by molar-refractivity contribution is 5.85. The number of hydrogen-bond acceptors (Lipinski definition) is 5. The first-order valence-electron chi connectivity index (χ1n) is 12.4. The minimum absolute atomic E-state index is 0. The van der Waals surface area contributed by atoms with Crippen LogP contribution in [0.25, 0.3) is 11.5 Å². The Morgan fingerprint density at radius 2 is 1.49 bits per heavy atom. The normalized spacial score (nSPS) is 11.1. The molecule has 4 N–H and O–H groups in total. The van der Waals surface area contributed by atoms with Crippen molar-refractivity contribution >= 4 is 12.4 Å². The van der Waals surface area contributed by atoms with Crippen LogP contribution < -0.4 is 10.1 Å². The van der Waals surface area contributed by atoms with Crippen LogP contribution in [-0.4, -0.2) is 35.8 Å². The molecule has 1 heterocycles. The summed E-state index contributed by atoms with van der Waals surface area (Å²) in [4.78, 5) is 4.69. The van der Waals surface area contributed by atoms with E-state index >= 15 is 0 Å². The summed E-state index contributed by atoms with van der Waals surface area (Å²) < 4.78 is 11.7. The molecule has 6 nitrogen and oxygen atoms in total. The summed E-state index contributed by atoms with van der Waals surface area (Å²) in [7, 11) is 1.93. The zero-order valence-electron chi connectivity index (χ0n) is 24.2. The van der Waals surface area contributed by atoms with E-state index in [-0.39, 0.29) is 28.7 Å². The molecule has 0 aliphatic heterocycles. The molecule has 3 aromatic rings. The Kier molecular flexibility index (Phi) is 13.4. The number of aromatic nitrogens is 1. The Morgan fingerprint density at radius 3 is 1.95 bits per heavy atom. The minimum Gasteiger partial charge on any atom is -0.507 e. The number of phenols is 1. The highest BCUT2D eigenvalue weighted by atomic mass is 35.5. The summed E-state index contributed by atoms with van der Waals surface area (Å²) in [6, 6.07) is 10.1. The Labute approximate surface area is 229 Å². The Morgan fingerprint density at radius 1 is 0.946 bits per heavy atom. The number of aromatic hydroxyl groups is 1. The molecule has 0 spiro atoms. The lowest BCUT2D eigenvalue weighted by atomic mass is 9.78. The second kappa shape index (κ2) is 14.4. The van der Waals surface area contributed by atoms with Crippen LogP contribution in [0, 0.1) is 13.8 Å². The minimum atomic E-state index is -0.199. The van der Waals surface area contributed by atoms with E-state index in [1.54, 1.807) is 6.26 Å². The summed E-state index contributed by atoms with van der Waals surface area (Å²) in [6.07, 6.45) is 2.35. The van der Waals surface area contributed by atoms with Gasteiger partial charge >= 0.3 is 0 Å². The predicted octanol–water partition coefficient (Wildman–Crippen LogP) is 6.70. The van der Waals surface area contributed by atoms with Gasteiger partial charge in [-0.05, 0) is 73.7 Å². The largest absolute Gasteiger partial charge is 0.507 e. The Hall–Kier alpha value is -2.54. The molecule has 0 aliphatic rings. The molecule has 0 amide bonds. The molecule has 0 bridgehead atoms. The summed E-state index contributed by atoms with van der Waals surface area (Å²) in [5.74, 6) is 1.80. The third kappa shape index (κ3) is 9.69. The quantitative estimate of drug-likeness (QED) is 0.366. The Bertz CT molecular complexity index is 1070. The molecule has 0 fully saturated rings. The van der Waals surface area contributed by atoms with Crippen LogP contribution in [0.3, 0.4) is 0 Å². The van der Waals surface area contributed by atoms with Crippen LogP contribution in [-0.2, 0) is 17.3 Å². The van der Waals surface area contributed by atoms with E-state index in [2.05, 4.69) is 79.8 Å². The number of oxazole rings is 1. The van der Waals surface area contributed by atoms with Gasteiger partial charge in [-0.1, -0.05) is 54.5 Å². The van der Waals surface area contributed by atoms with Gasteiger partial charge in [-0.15, -0.1) is 12.4 Å². The van der Waals surface area contributed by atoms with Gasteiger partial charge in [0.15, 0.2) is 0 Å². The van der Waals surface area contributed by atoms with E-state index < -0.39 is 0 Å². The van der Waals surface area contributed by atoms with Crippen molar-refractivity contribution in [1.29, 1.82) is 0 Å². The van der Waals surface area contributed by atoms with Crippen LogP contribution in [0.2, 0.25) is 0 Å². The molecule has 0 saturated heterocycles.